The summed E-state index contributed by atoms with van der Waals surface area (Å²) in [5.41, 5.74) is 1.15. The van der Waals surface area contributed by atoms with Gasteiger partial charge < -0.3 is 15.0 Å². The highest BCUT2D eigenvalue weighted by atomic mass is 32.2. The molecule has 1 fully saturated rings. The van der Waals surface area contributed by atoms with E-state index in [4.69, 9.17) is 4.74 Å². The quantitative estimate of drug-likeness (QED) is 0.893. The molecule has 1 aromatic rings. The third-order valence-electron chi connectivity index (χ3n) is 4.27. The van der Waals surface area contributed by atoms with E-state index >= 15 is 0 Å². The first-order valence-corrected chi connectivity index (χ1v) is 9.22. The number of nitrogens with one attached hydrogen (secondary N) is 1. The van der Waals surface area contributed by atoms with Gasteiger partial charge in [0.05, 0.1) is 18.1 Å². The first kappa shape index (κ1) is 15.1. The first-order chi connectivity index (χ1) is 10.4. The van der Waals surface area contributed by atoms with E-state index in [9.17, 15) is 13.2 Å². The van der Waals surface area contributed by atoms with Crippen LogP contribution in [0, 0.1) is 0 Å². The van der Waals surface area contributed by atoms with Gasteiger partial charge in [-0.3, -0.25) is 0 Å². The normalized spacial score (nSPS) is 25.3. The Hall–Kier alpha value is -1.76. The van der Waals surface area contributed by atoms with Gasteiger partial charge in [0.15, 0.2) is 9.84 Å². The molecule has 2 amide bonds. The number of carbonyl (C=O) groups excluding carboxylic acids is 1. The minimum Gasteiger partial charge on any atom is -0.488 e. The minimum atomic E-state index is -2.99. The molecule has 2 aliphatic rings. The summed E-state index contributed by atoms with van der Waals surface area (Å²) in [4.78, 5) is 13.6. The average Bonchev–Trinajstić information content (AvgIpc) is 3.06. The minimum absolute atomic E-state index is 0.0578. The van der Waals surface area contributed by atoms with Gasteiger partial charge in [-0.2, -0.15) is 0 Å². The molecular formula is C15H20N2O4S. The van der Waals surface area contributed by atoms with Crippen LogP contribution < -0.4 is 10.1 Å². The summed E-state index contributed by atoms with van der Waals surface area (Å²) < 4.78 is 28.7. The predicted molar refractivity (Wildman–Crippen MR) is 82.8 cm³/mol. The maximum Gasteiger partial charge on any atom is 0.317 e. The van der Waals surface area contributed by atoms with Gasteiger partial charge in [-0.15, -0.1) is 0 Å². The Morgan fingerprint density at radius 3 is 2.86 bits per heavy atom. The van der Waals surface area contributed by atoms with Crippen LogP contribution in [0.15, 0.2) is 24.3 Å². The van der Waals surface area contributed by atoms with Crippen molar-refractivity contribution in [2.75, 3.05) is 25.1 Å². The number of sulfone groups is 1. The van der Waals surface area contributed by atoms with Gasteiger partial charge in [0.25, 0.3) is 0 Å². The molecule has 0 unspecified atom stereocenters. The Kier molecular flexibility index (Phi) is 3.99. The van der Waals surface area contributed by atoms with E-state index in [0.717, 1.165) is 17.7 Å². The number of rotatable bonds is 3. The molecule has 0 spiro atoms. The number of carbonyl (C=O) groups is 1. The van der Waals surface area contributed by atoms with E-state index in [0.29, 0.717) is 13.0 Å². The van der Waals surface area contributed by atoms with Crippen LogP contribution in [-0.2, 0) is 16.3 Å². The number of hydrogen-bond acceptors (Lipinski definition) is 4. The fourth-order valence-corrected chi connectivity index (χ4v) is 4.71. The van der Waals surface area contributed by atoms with Gasteiger partial charge in [0.2, 0.25) is 0 Å². The molecule has 1 N–H and O–H groups in total. The number of urea groups is 1. The highest BCUT2D eigenvalue weighted by molar-refractivity contribution is 7.91. The van der Waals surface area contributed by atoms with E-state index in [1.165, 1.54) is 4.90 Å². The maximum absolute atomic E-state index is 12.1. The van der Waals surface area contributed by atoms with Gasteiger partial charge in [-0.1, -0.05) is 18.2 Å². The van der Waals surface area contributed by atoms with E-state index in [-0.39, 0.29) is 29.7 Å². The number of nitrogens with zero attached hydrogens (tertiary/aromatic N) is 1. The van der Waals surface area contributed by atoms with Crippen LogP contribution in [0.4, 0.5) is 4.79 Å². The molecule has 1 aromatic carbocycles. The Labute approximate surface area is 130 Å². The molecule has 2 aliphatic heterocycles. The second-order valence-electron chi connectivity index (χ2n) is 5.91. The summed E-state index contributed by atoms with van der Waals surface area (Å²) >= 11 is 0. The fraction of sp³-hybridized carbons (Fsp3) is 0.533. The summed E-state index contributed by atoms with van der Waals surface area (Å²) in [5.74, 6) is 1.09. The predicted octanol–water partition coefficient (Wildman–Crippen LogP) is 0.819. The fourth-order valence-electron chi connectivity index (χ4n) is 2.94. The number of benzene rings is 1. The van der Waals surface area contributed by atoms with Crippen molar-refractivity contribution < 1.29 is 17.9 Å². The van der Waals surface area contributed by atoms with Crippen molar-refractivity contribution in [1.82, 2.24) is 10.2 Å². The number of amides is 2. The highest BCUT2D eigenvalue weighted by Crippen LogP contribution is 2.27. The van der Waals surface area contributed by atoms with Gasteiger partial charge in [0, 0.05) is 19.5 Å². The lowest BCUT2D eigenvalue weighted by molar-refractivity contribution is 0.182. The zero-order chi connectivity index (χ0) is 15.7. The number of ether oxygens (including phenoxy) is 1. The number of para-hydroxylation sites is 1. The summed E-state index contributed by atoms with van der Waals surface area (Å²) in [6.45, 7) is 0.414. The molecule has 0 aliphatic carbocycles. The summed E-state index contributed by atoms with van der Waals surface area (Å²) in [6.07, 6.45) is 1.22. The zero-order valence-corrected chi connectivity index (χ0v) is 13.3. The van der Waals surface area contributed by atoms with Crippen molar-refractivity contribution in [3.05, 3.63) is 29.8 Å². The van der Waals surface area contributed by atoms with Crippen molar-refractivity contribution in [2.24, 2.45) is 0 Å². The molecule has 0 radical (unpaired) electrons. The molecule has 22 heavy (non-hydrogen) atoms. The SMILES string of the molecule is CN(C(=O)NC[C@@H]1Cc2ccccc2O1)[C@H]1CCS(=O)(=O)C1. The summed E-state index contributed by atoms with van der Waals surface area (Å²) in [6, 6.07) is 7.36. The maximum atomic E-state index is 12.1. The third kappa shape index (κ3) is 3.19. The molecule has 1 saturated heterocycles. The van der Waals surface area contributed by atoms with Crippen molar-refractivity contribution in [1.29, 1.82) is 0 Å². The lowest BCUT2D eigenvalue weighted by Gasteiger charge is -2.24. The zero-order valence-electron chi connectivity index (χ0n) is 12.5. The molecule has 2 atom stereocenters. The molecule has 7 heteroatoms. The lowest BCUT2D eigenvalue weighted by Crippen LogP contribution is -2.46. The first-order valence-electron chi connectivity index (χ1n) is 7.40. The Bertz CT molecular complexity index is 649. The topological polar surface area (TPSA) is 75.7 Å². The molecule has 6 nitrogen and oxygen atoms in total. The van der Waals surface area contributed by atoms with Crippen LogP contribution in [0.1, 0.15) is 12.0 Å². The molecule has 3 rings (SSSR count). The lowest BCUT2D eigenvalue weighted by atomic mass is 10.1. The Morgan fingerprint density at radius 1 is 1.41 bits per heavy atom. The number of fused-ring (bicyclic) bond motifs is 1. The van der Waals surface area contributed by atoms with Gasteiger partial charge >= 0.3 is 6.03 Å². The smallest absolute Gasteiger partial charge is 0.317 e. The van der Waals surface area contributed by atoms with Crippen LogP contribution in [0.5, 0.6) is 5.75 Å². The van der Waals surface area contributed by atoms with Crippen LogP contribution in [-0.4, -0.2) is 56.6 Å². The molecule has 2 heterocycles. The van der Waals surface area contributed by atoms with Crippen LogP contribution in [0.25, 0.3) is 0 Å². The van der Waals surface area contributed by atoms with Crippen molar-refractivity contribution >= 4 is 15.9 Å². The van der Waals surface area contributed by atoms with Gasteiger partial charge in [-0.25, -0.2) is 13.2 Å². The van der Waals surface area contributed by atoms with Crippen molar-refractivity contribution in [3.8, 4) is 5.75 Å². The Morgan fingerprint density at radius 2 is 2.18 bits per heavy atom. The van der Waals surface area contributed by atoms with E-state index in [1.54, 1.807) is 7.05 Å². The molecule has 120 valence electrons. The largest absolute Gasteiger partial charge is 0.488 e. The van der Waals surface area contributed by atoms with Crippen molar-refractivity contribution in [2.45, 2.75) is 25.0 Å². The molecule has 0 saturated carbocycles. The standard InChI is InChI=1S/C15H20N2O4S/c1-17(12-6-7-22(19,20)10-12)15(18)16-9-13-8-11-4-2-3-5-14(11)21-13/h2-5,12-13H,6-10H2,1H3,(H,16,18)/t12-,13-/m0/s1. The Balaban J connectivity index is 1.49. The third-order valence-corrected chi connectivity index (χ3v) is 6.02. The second-order valence-corrected chi connectivity index (χ2v) is 8.13. The van der Waals surface area contributed by atoms with E-state index in [2.05, 4.69) is 5.32 Å². The number of hydrogen-bond donors (Lipinski definition) is 1. The molecule has 0 aromatic heterocycles. The monoisotopic (exact) mass is 324 g/mol. The summed E-state index contributed by atoms with van der Waals surface area (Å²) in [7, 11) is -1.34. The van der Waals surface area contributed by atoms with Crippen molar-refractivity contribution in [3.63, 3.8) is 0 Å². The van der Waals surface area contributed by atoms with Crippen LogP contribution in [0.2, 0.25) is 0 Å². The highest BCUT2D eigenvalue weighted by Gasteiger charge is 2.33. The van der Waals surface area contributed by atoms with Crippen LogP contribution in [0.3, 0.4) is 0 Å². The summed E-state index contributed by atoms with van der Waals surface area (Å²) in [5, 5.41) is 2.83. The molecular weight excluding hydrogens is 304 g/mol. The molecule has 0 bridgehead atoms. The van der Waals surface area contributed by atoms with E-state index in [1.807, 2.05) is 24.3 Å². The van der Waals surface area contributed by atoms with E-state index < -0.39 is 9.84 Å². The van der Waals surface area contributed by atoms with Crippen LogP contribution >= 0.6 is 0 Å². The average molecular weight is 324 g/mol. The van der Waals surface area contributed by atoms with Gasteiger partial charge in [-0.05, 0) is 18.1 Å². The van der Waals surface area contributed by atoms with Gasteiger partial charge in [0.1, 0.15) is 11.9 Å². The second kappa shape index (κ2) is 5.79.